The Morgan fingerprint density at radius 3 is 1.88 bits per heavy atom. The lowest BCUT2D eigenvalue weighted by atomic mass is 10.1. The van der Waals surface area contributed by atoms with Gasteiger partial charge in [-0.3, -0.25) is 4.79 Å². The van der Waals surface area contributed by atoms with Crippen LogP contribution >= 0.6 is 0 Å². The Bertz CT molecular complexity index is 714. The average molecular weight is 386 g/mol. The number of amides is 1. The standard InChI is InChI=1S/C14H20N2O3S.C2H2O4/c1-2-20(18,19)16-10-8-15(9-11-16)14(17)12-13-6-4-3-5-7-13;3-1(4)2(5)6/h3-7H,2,8-12H2,1H3;(H,3,4)(H,5,6). The van der Waals surface area contributed by atoms with Gasteiger partial charge in [0.05, 0.1) is 12.2 Å². The second-order valence-electron chi connectivity index (χ2n) is 5.45. The molecular formula is C16H22N2O7S. The van der Waals surface area contributed by atoms with Crippen molar-refractivity contribution in [1.82, 2.24) is 9.21 Å². The third-order valence-corrected chi connectivity index (χ3v) is 5.61. The molecule has 1 aliphatic heterocycles. The van der Waals surface area contributed by atoms with Crippen molar-refractivity contribution < 1.29 is 33.0 Å². The van der Waals surface area contributed by atoms with Crippen LogP contribution in [0.3, 0.4) is 0 Å². The lowest BCUT2D eigenvalue weighted by molar-refractivity contribution is -0.159. The lowest BCUT2D eigenvalue weighted by Gasteiger charge is -2.33. The minimum Gasteiger partial charge on any atom is -0.473 e. The summed E-state index contributed by atoms with van der Waals surface area (Å²) < 4.78 is 25.0. The summed E-state index contributed by atoms with van der Waals surface area (Å²) in [5.74, 6) is -3.47. The van der Waals surface area contributed by atoms with Crippen molar-refractivity contribution in [2.24, 2.45) is 0 Å². The summed E-state index contributed by atoms with van der Waals surface area (Å²) in [4.78, 5) is 32.1. The molecule has 1 heterocycles. The summed E-state index contributed by atoms with van der Waals surface area (Å²) in [5.41, 5.74) is 0.987. The molecule has 0 bridgehead atoms. The first-order valence-electron chi connectivity index (χ1n) is 7.93. The van der Waals surface area contributed by atoms with Crippen molar-refractivity contribution >= 4 is 27.9 Å². The number of benzene rings is 1. The van der Waals surface area contributed by atoms with Crippen LogP contribution < -0.4 is 0 Å². The van der Waals surface area contributed by atoms with Gasteiger partial charge in [0.2, 0.25) is 15.9 Å². The van der Waals surface area contributed by atoms with Gasteiger partial charge < -0.3 is 15.1 Å². The molecule has 1 aromatic carbocycles. The molecule has 1 amide bonds. The first-order chi connectivity index (χ1) is 12.2. The molecule has 1 saturated heterocycles. The number of piperazine rings is 1. The van der Waals surface area contributed by atoms with Crippen molar-refractivity contribution in [3.63, 3.8) is 0 Å². The molecule has 0 saturated carbocycles. The van der Waals surface area contributed by atoms with Gasteiger partial charge in [0, 0.05) is 26.2 Å². The van der Waals surface area contributed by atoms with Crippen molar-refractivity contribution in [3.8, 4) is 0 Å². The van der Waals surface area contributed by atoms with Crippen LogP contribution in [-0.2, 0) is 30.8 Å². The highest BCUT2D eigenvalue weighted by Crippen LogP contribution is 2.10. The third kappa shape index (κ3) is 6.81. The SMILES string of the molecule is CCS(=O)(=O)N1CCN(C(=O)Cc2ccccc2)CC1.O=C(O)C(=O)O. The van der Waals surface area contributed by atoms with E-state index in [1.165, 1.54) is 4.31 Å². The van der Waals surface area contributed by atoms with Gasteiger partial charge in [-0.15, -0.1) is 0 Å². The molecule has 0 spiro atoms. The average Bonchev–Trinajstić information content (AvgIpc) is 2.63. The summed E-state index contributed by atoms with van der Waals surface area (Å²) in [6.07, 6.45) is 0.376. The van der Waals surface area contributed by atoms with E-state index in [-0.39, 0.29) is 11.7 Å². The van der Waals surface area contributed by atoms with E-state index >= 15 is 0 Å². The van der Waals surface area contributed by atoms with E-state index in [1.807, 2.05) is 30.3 Å². The molecule has 2 N–H and O–H groups in total. The van der Waals surface area contributed by atoms with Gasteiger partial charge in [-0.05, 0) is 12.5 Å². The molecule has 0 aliphatic carbocycles. The van der Waals surface area contributed by atoms with Gasteiger partial charge >= 0.3 is 11.9 Å². The van der Waals surface area contributed by atoms with Crippen LogP contribution in [0, 0.1) is 0 Å². The number of rotatable bonds is 4. The molecule has 1 aromatic rings. The monoisotopic (exact) mass is 386 g/mol. The Kier molecular flexibility index (Phi) is 8.20. The van der Waals surface area contributed by atoms with Crippen molar-refractivity contribution in [3.05, 3.63) is 35.9 Å². The highest BCUT2D eigenvalue weighted by atomic mass is 32.2. The van der Waals surface area contributed by atoms with E-state index in [1.54, 1.807) is 11.8 Å². The van der Waals surface area contributed by atoms with E-state index in [0.29, 0.717) is 32.6 Å². The molecule has 26 heavy (non-hydrogen) atoms. The van der Waals surface area contributed by atoms with E-state index < -0.39 is 22.0 Å². The maximum atomic E-state index is 12.2. The second kappa shape index (κ2) is 9.88. The smallest absolute Gasteiger partial charge is 0.414 e. The van der Waals surface area contributed by atoms with Crippen molar-refractivity contribution in [1.29, 1.82) is 0 Å². The van der Waals surface area contributed by atoms with Crippen LogP contribution in [0.4, 0.5) is 0 Å². The molecule has 0 radical (unpaired) electrons. The zero-order chi connectivity index (χ0) is 19.7. The summed E-state index contributed by atoms with van der Waals surface area (Å²) in [7, 11) is -3.13. The lowest BCUT2D eigenvalue weighted by Crippen LogP contribution is -2.51. The fourth-order valence-corrected chi connectivity index (χ4v) is 3.37. The maximum absolute atomic E-state index is 12.2. The molecule has 0 aromatic heterocycles. The van der Waals surface area contributed by atoms with Gasteiger partial charge in [0.15, 0.2) is 0 Å². The number of hydrogen-bond acceptors (Lipinski definition) is 5. The van der Waals surface area contributed by atoms with Crippen LogP contribution in [0.5, 0.6) is 0 Å². The number of nitrogens with zero attached hydrogens (tertiary/aromatic N) is 2. The molecule has 10 heteroatoms. The molecular weight excluding hydrogens is 364 g/mol. The second-order valence-corrected chi connectivity index (χ2v) is 7.71. The zero-order valence-corrected chi connectivity index (χ0v) is 15.2. The molecule has 1 aliphatic rings. The Morgan fingerprint density at radius 2 is 1.46 bits per heavy atom. The van der Waals surface area contributed by atoms with Crippen molar-refractivity contribution in [2.75, 3.05) is 31.9 Å². The van der Waals surface area contributed by atoms with Crippen LogP contribution in [0.15, 0.2) is 30.3 Å². The predicted molar refractivity (Wildman–Crippen MR) is 93.0 cm³/mol. The Hall–Kier alpha value is -2.46. The maximum Gasteiger partial charge on any atom is 0.414 e. The largest absolute Gasteiger partial charge is 0.473 e. The highest BCUT2D eigenvalue weighted by molar-refractivity contribution is 7.89. The topological polar surface area (TPSA) is 132 Å². The zero-order valence-electron chi connectivity index (χ0n) is 14.4. The Labute approximate surface area is 151 Å². The first kappa shape index (κ1) is 21.6. The highest BCUT2D eigenvalue weighted by Gasteiger charge is 2.27. The summed E-state index contributed by atoms with van der Waals surface area (Å²) in [5, 5.41) is 14.8. The van der Waals surface area contributed by atoms with Gasteiger partial charge in [0.1, 0.15) is 0 Å². The van der Waals surface area contributed by atoms with Crippen LogP contribution in [0.2, 0.25) is 0 Å². The van der Waals surface area contributed by atoms with E-state index in [2.05, 4.69) is 0 Å². The van der Waals surface area contributed by atoms with Crippen LogP contribution in [0.1, 0.15) is 12.5 Å². The van der Waals surface area contributed by atoms with Crippen LogP contribution in [0.25, 0.3) is 0 Å². The predicted octanol–water partition coefficient (Wildman–Crippen LogP) is -0.121. The summed E-state index contributed by atoms with van der Waals surface area (Å²) in [6.45, 7) is 3.39. The summed E-state index contributed by atoms with van der Waals surface area (Å²) >= 11 is 0. The first-order valence-corrected chi connectivity index (χ1v) is 9.54. The van der Waals surface area contributed by atoms with Crippen molar-refractivity contribution in [2.45, 2.75) is 13.3 Å². The third-order valence-electron chi connectivity index (χ3n) is 3.73. The number of carboxylic acid groups (broad SMARTS) is 2. The number of carboxylic acids is 2. The molecule has 144 valence electrons. The molecule has 0 atom stereocenters. The quantitative estimate of drug-likeness (QED) is 0.689. The number of carbonyl (C=O) groups is 3. The fourth-order valence-electron chi connectivity index (χ4n) is 2.28. The van der Waals surface area contributed by atoms with Crippen LogP contribution in [-0.4, -0.2) is 77.6 Å². The van der Waals surface area contributed by atoms with Gasteiger partial charge in [0.25, 0.3) is 0 Å². The Morgan fingerprint density at radius 1 is 0.962 bits per heavy atom. The van der Waals surface area contributed by atoms with E-state index in [0.717, 1.165) is 5.56 Å². The van der Waals surface area contributed by atoms with E-state index in [9.17, 15) is 13.2 Å². The van der Waals surface area contributed by atoms with Gasteiger partial charge in [-0.25, -0.2) is 18.0 Å². The molecule has 0 unspecified atom stereocenters. The molecule has 9 nitrogen and oxygen atoms in total. The van der Waals surface area contributed by atoms with Gasteiger partial charge in [-0.2, -0.15) is 4.31 Å². The fraction of sp³-hybridized carbons (Fsp3) is 0.438. The minimum absolute atomic E-state index is 0.0600. The van der Waals surface area contributed by atoms with E-state index in [4.69, 9.17) is 19.8 Å². The van der Waals surface area contributed by atoms with Gasteiger partial charge in [-0.1, -0.05) is 30.3 Å². The number of aliphatic carboxylic acids is 2. The number of carbonyl (C=O) groups excluding carboxylic acids is 1. The molecule has 2 rings (SSSR count). The Balaban J connectivity index is 0.000000487. The minimum atomic E-state index is -3.13. The normalized spacial score (nSPS) is 14.9. The summed E-state index contributed by atoms with van der Waals surface area (Å²) in [6, 6.07) is 9.59. The molecule has 1 fully saturated rings. The number of hydrogen-bond donors (Lipinski definition) is 2. The number of sulfonamides is 1.